The summed E-state index contributed by atoms with van der Waals surface area (Å²) in [6.07, 6.45) is 6.83. The Bertz CT molecular complexity index is 1420. The second-order valence-corrected chi connectivity index (χ2v) is 11.3. The van der Waals surface area contributed by atoms with Crippen LogP contribution in [0.5, 0.6) is 0 Å². The number of aliphatic imine (C=N–C) groups is 1. The zero-order chi connectivity index (χ0) is 35.2. The first kappa shape index (κ1) is 36.9. The van der Waals surface area contributed by atoms with E-state index in [-0.39, 0.29) is 51.2 Å². The predicted molar refractivity (Wildman–Crippen MR) is 169 cm³/mol. The van der Waals surface area contributed by atoms with Crippen LogP contribution < -0.4 is 38.5 Å². The monoisotopic (exact) mass is 673 g/mol. The third-order valence-electron chi connectivity index (χ3n) is 7.46. The van der Waals surface area contributed by atoms with E-state index in [0.29, 0.717) is 17.8 Å². The molecule has 0 spiro atoms. The van der Waals surface area contributed by atoms with Crippen molar-refractivity contribution in [1.29, 1.82) is 0 Å². The molecule has 1 saturated heterocycles. The quantitative estimate of drug-likeness (QED) is 0.0411. The van der Waals surface area contributed by atoms with Gasteiger partial charge in [-0.2, -0.15) is 0 Å². The van der Waals surface area contributed by atoms with Crippen LogP contribution in [0.4, 0.5) is 0 Å². The Morgan fingerprint density at radius 1 is 0.958 bits per heavy atom. The zero-order valence-electron chi connectivity index (χ0n) is 26.5. The molecule has 20 heteroatoms. The number of carbonyl (C=O) groups excluding carboxylic acids is 5. The van der Waals surface area contributed by atoms with Gasteiger partial charge >= 0.3 is 5.97 Å². The van der Waals surface area contributed by atoms with Gasteiger partial charge in [-0.25, -0.2) is 14.8 Å². The molecule has 48 heavy (non-hydrogen) atoms. The van der Waals surface area contributed by atoms with Crippen LogP contribution in [-0.4, -0.2) is 121 Å². The number of imidazole rings is 2. The van der Waals surface area contributed by atoms with Gasteiger partial charge in [0.1, 0.15) is 24.2 Å². The number of rotatable bonds is 18. The third-order valence-corrected chi connectivity index (χ3v) is 7.46. The number of aliphatic carboxylic acids is 1. The minimum absolute atomic E-state index is 0.0368. The van der Waals surface area contributed by atoms with Crippen LogP contribution in [0.15, 0.2) is 30.0 Å². The number of carboxylic acid groups (broad SMARTS) is 1. The molecule has 262 valence electrons. The van der Waals surface area contributed by atoms with Gasteiger partial charge in [0.2, 0.25) is 29.5 Å². The van der Waals surface area contributed by atoms with Crippen LogP contribution in [-0.2, 0) is 41.6 Å². The highest BCUT2D eigenvalue weighted by molar-refractivity contribution is 5.95. The van der Waals surface area contributed by atoms with Crippen molar-refractivity contribution < 1.29 is 33.9 Å². The van der Waals surface area contributed by atoms with E-state index >= 15 is 0 Å². The zero-order valence-corrected chi connectivity index (χ0v) is 26.5. The summed E-state index contributed by atoms with van der Waals surface area (Å²) < 4.78 is 0. The lowest BCUT2D eigenvalue weighted by molar-refractivity contribution is -0.149. The number of amides is 5. The highest BCUT2D eigenvalue weighted by Crippen LogP contribution is 2.20. The maximum atomic E-state index is 13.6. The summed E-state index contributed by atoms with van der Waals surface area (Å²) in [5, 5.41) is 19.8. The number of hydrogen-bond acceptors (Lipinski definition) is 10. The van der Waals surface area contributed by atoms with E-state index in [9.17, 15) is 33.9 Å². The summed E-state index contributed by atoms with van der Waals surface area (Å²) in [6, 6.07) is -5.41. The molecule has 1 aliphatic heterocycles. The van der Waals surface area contributed by atoms with E-state index in [1.807, 2.05) is 0 Å². The number of H-pyrrole nitrogens is 2. The fraction of sp³-hybridized carbons (Fsp3) is 0.536. The van der Waals surface area contributed by atoms with Crippen LogP contribution in [0, 0.1) is 0 Å². The molecule has 0 unspecified atom stereocenters. The van der Waals surface area contributed by atoms with E-state index in [0.717, 1.165) is 0 Å². The summed E-state index contributed by atoms with van der Waals surface area (Å²) in [7, 11) is 0. The van der Waals surface area contributed by atoms with Gasteiger partial charge in [0.05, 0.1) is 25.2 Å². The van der Waals surface area contributed by atoms with Crippen molar-refractivity contribution >= 4 is 41.5 Å². The molecule has 0 radical (unpaired) electrons. The number of nitrogens with zero attached hydrogens (tertiary/aromatic N) is 4. The smallest absolute Gasteiger partial charge is 0.326 e. The minimum Gasteiger partial charge on any atom is -0.480 e. The molecule has 0 bridgehead atoms. The maximum absolute atomic E-state index is 13.6. The normalized spacial score (nSPS) is 16.5. The van der Waals surface area contributed by atoms with Gasteiger partial charge in [-0.15, -0.1) is 0 Å². The van der Waals surface area contributed by atoms with Gasteiger partial charge in [-0.05, 0) is 32.6 Å². The molecule has 1 aliphatic rings. The van der Waals surface area contributed by atoms with E-state index < -0.39 is 72.3 Å². The maximum Gasteiger partial charge on any atom is 0.326 e. The molecule has 2 aromatic heterocycles. The van der Waals surface area contributed by atoms with E-state index in [1.54, 1.807) is 0 Å². The Balaban J connectivity index is 1.72. The number of guanidine groups is 1. The minimum atomic E-state index is -1.24. The second kappa shape index (κ2) is 18.0. The molecule has 1 fully saturated rings. The fourth-order valence-electron chi connectivity index (χ4n) is 5.01. The Morgan fingerprint density at radius 2 is 1.56 bits per heavy atom. The highest BCUT2D eigenvalue weighted by Gasteiger charge is 2.38. The summed E-state index contributed by atoms with van der Waals surface area (Å²) in [4.78, 5) is 95.9. The lowest BCUT2D eigenvalue weighted by Crippen LogP contribution is -2.57. The van der Waals surface area contributed by atoms with Gasteiger partial charge in [0, 0.05) is 49.7 Å². The first-order valence-corrected chi connectivity index (χ1v) is 15.3. The van der Waals surface area contributed by atoms with Crippen LogP contribution >= 0.6 is 0 Å². The molecule has 13 N–H and O–H groups in total. The number of nitrogens with one attached hydrogen (secondary N) is 6. The molecular formula is C28H43N13O7. The number of aromatic amines is 2. The predicted octanol–water partition coefficient (Wildman–Crippen LogP) is -4.03. The average molecular weight is 674 g/mol. The summed E-state index contributed by atoms with van der Waals surface area (Å²) in [6.45, 7) is 1.26. The van der Waals surface area contributed by atoms with Crippen molar-refractivity contribution in [2.24, 2.45) is 22.2 Å². The number of hydrogen-bond donors (Lipinski definition) is 10. The largest absolute Gasteiger partial charge is 0.480 e. The lowest BCUT2D eigenvalue weighted by atomic mass is 10.1. The van der Waals surface area contributed by atoms with Crippen molar-refractivity contribution in [2.75, 3.05) is 19.6 Å². The van der Waals surface area contributed by atoms with Crippen molar-refractivity contribution in [3.63, 3.8) is 0 Å². The Labute approximate surface area is 275 Å². The first-order valence-electron chi connectivity index (χ1n) is 15.3. The highest BCUT2D eigenvalue weighted by atomic mass is 16.4. The standard InChI is InChI=1S/C28H43N13O7/c1-15(29)23(43)40-19(8-16-10-32-13-36-16)24(44)35-12-22(42)38-20(9-17-11-33-14-37-17)25(45)39-18(4-2-6-34-28(30)31)26(46)41-7-3-5-21(41)27(47)48/h10-11,13-15,18-21H,2-9,12,29H2,1H3,(H,32,36)(H,33,37)(H,35,44)(H,38,42)(H,39,45)(H,40,43)(H,47,48)(H4,30,31,34)/t15-,18-,19-,20-,21-/m0/s1. The molecule has 20 nitrogen and oxygen atoms in total. The summed E-state index contributed by atoms with van der Waals surface area (Å²) in [5.41, 5.74) is 17.4. The van der Waals surface area contributed by atoms with Crippen molar-refractivity contribution in [3.05, 3.63) is 36.4 Å². The molecule has 0 aliphatic carbocycles. The van der Waals surface area contributed by atoms with E-state index in [2.05, 4.69) is 46.2 Å². The fourth-order valence-corrected chi connectivity index (χ4v) is 5.01. The molecule has 5 amide bonds. The van der Waals surface area contributed by atoms with Crippen LogP contribution in [0.25, 0.3) is 0 Å². The summed E-state index contributed by atoms with van der Waals surface area (Å²) >= 11 is 0. The number of nitrogens with two attached hydrogens (primary N) is 3. The number of aromatic nitrogens is 4. The first-order chi connectivity index (χ1) is 22.8. The Kier molecular flexibility index (Phi) is 13.8. The Hall–Kier alpha value is -5.53. The average Bonchev–Trinajstić information content (AvgIpc) is 3.84. The van der Waals surface area contributed by atoms with Crippen molar-refractivity contribution in [3.8, 4) is 0 Å². The number of carboxylic acids is 1. The van der Waals surface area contributed by atoms with Crippen LogP contribution in [0.3, 0.4) is 0 Å². The Morgan fingerprint density at radius 3 is 2.10 bits per heavy atom. The second-order valence-electron chi connectivity index (χ2n) is 11.3. The van der Waals surface area contributed by atoms with Crippen molar-refractivity contribution in [1.82, 2.24) is 46.1 Å². The number of likely N-dealkylation sites (tertiary alicyclic amines) is 1. The molecular weight excluding hydrogens is 630 g/mol. The topological polar surface area (TPSA) is 322 Å². The molecule has 3 rings (SSSR count). The number of carbonyl (C=O) groups is 6. The van der Waals surface area contributed by atoms with E-state index in [1.165, 1.54) is 36.9 Å². The SMILES string of the molecule is C[C@H](N)C(=O)N[C@@H](Cc1cnc[nH]1)C(=O)NCC(=O)N[C@@H](Cc1cnc[nH]1)C(=O)N[C@@H](CCCN=C(N)N)C(=O)N1CCC[C@H]1C(=O)O. The molecule has 0 saturated carbocycles. The third kappa shape index (κ3) is 11.4. The lowest BCUT2D eigenvalue weighted by Gasteiger charge is -2.28. The van der Waals surface area contributed by atoms with Crippen LogP contribution in [0.1, 0.15) is 44.0 Å². The molecule has 0 aromatic carbocycles. The van der Waals surface area contributed by atoms with Crippen molar-refractivity contribution in [2.45, 2.75) is 75.7 Å². The van der Waals surface area contributed by atoms with Gasteiger partial charge in [-0.1, -0.05) is 0 Å². The van der Waals surface area contributed by atoms with Gasteiger partial charge in [-0.3, -0.25) is 29.0 Å². The molecule has 5 atom stereocenters. The van der Waals surface area contributed by atoms with Crippen LogP contribution in [0.2, 0.25) is 0 Å². The van der Waals surface area contributed by atoms with Gasteiger partial charge in [0.25, 0.3) is 0 Å². The summed E-state index contributed by atoms with van der Waals surface area (Å²) in [5.74, 6) is -4.64. The van der Waals surface area contributed by atoms with Gasteiger partial charge in [0.15, 0.2) is 5.96 Å². The van der Waals surface area contributed by atoms with Gasteiger partial charge < -0.3 is 58.4 Å². The molecule has 2 aromatic rings. The van der Waals surface area contributed by atoms with E-state index in [4.69, 9.17) is 17.2 Å². The molecule has 3 heterocycles.